The molecule has 0 aromatic heterocycles. The van der Waals surface area contributed by atoms with Gasteiger partial charge in [0.1, 0.15) is 0 Å². The third kappa shape index (κ3) is 2.98. The molecule has 0 fully saturated rings. The fraction of sp³-hybridized carbons (Fsp3) is 0.538. The minimum absolute atomic E-state index is 0.593. The first-order chi connectivity index (χ1) is 9.27. The van der Waals surface area contributed by atoms with Crippen LogP contribution >= 0.6 is 11.8 Å². The van der Waals surface area contributed by atoms with Gasteiger partial charge in [-0.15, -0.1) is 11.8 Å². The second-order valence-corrected chi connectivity index (χ2v) is 7.43. The minimum Gasteiger partial charge on any atom is -0.357 e. The second-order valence-electron chi connectivity index (χ2n) is 3.99. The maximum Gasteiger partial charge on any atom is 0.634 e. The highest BCUT2D eigenvalue weighted by atomic mass is 32.2. The largest absolute Gasteiger partial charge is 0.634 e. The van der Waals surface area contributed by atoms with Crippen LogP contribution in [0.1, 0.15) is 20.8 Å². The first-order valence-electron chi connectivity index (χ1n) is 6.68. The van der Waals surface area contributed by atoms with E-state index >= 15 is 0 Å². The minimum atomic E-state index is -2.80. The van der Waals surface area contributed by atoms with Crippen molar-refractivity contribution in [2.45, 2.75) is 25.7 Å². The number of rotatable bonds is 7. The van der Waals surface area contributed by atoms with Crippen molar-refractivity contribution < 1.29 is 13.3 Å². The third-order valence-electron chi connectivity index (χ3n) is 2.82. The Labute approximate surface area is 120 Å². The number of hydrogen-bond donors (Lipinski definition) is 0. The highest BCUT2D eigenvalue weighted by Crippen LogP contribution is 2.41. The first kappa shape index (κ1) is 14.9. The molecule has 0 bridgehead atoms. The lowest BCUT2D eigenvalue weighted by Gasteiger charge is -2.36. The lowest BCUT2D eigenvalue weighted by atomic mass is 10.3. The van der Waals surface area contributed by atoms with E-state index in [4.69, 9.17) is 13.3 Å². The SMILES string of the molecule is CCO[Si](OCC)(OCC)N1CSc2ccccc21. The monoisotopic (exact) mass is 299 g/mol. The van der Waals surface area contributed by atoms with E-state index in [0.29, 0.717) is 19.8 Å². The van der Waals surface area contributed by atoms with Crippen molar-refractivity contribution >= 4 is 26.4 Å². The topological polar surface area (TPSA) is 30.9 Å². The molecule has 2 rings (SSSR count). The molecule has 1 aromatic carbocycles. The Balaban J connectivity index is 2.33. The van der Waals surface area contributed by atoms with Crippen LogP contribution in [0, 0.1) is 0 Å². The van der Waals surface area contributed by atoms with E-state index in [1.165, 1.54) is 4.90 Å². The molecule has 1 aliphatic heterocycles. The van der Waals surface area contributed by atoms with Gasteiger partial charge in [0.25, 0.3) is 0 Å². The Morgan fingerprint density at radius 1 is 1.05 bits per heavy atom. The Hall–Kier alpha value is -0.533. The van der Waals surface area contributed by atoms with Crippen molar-refractivity contribution in [3.05, 3.63) is 24.3 Å². The van der Waals surface area contributed by atoms with Crippen LogP contribution in [0.25, 0.3) is 0 Å². The van der Waals surface area contributed by atoms with Gasteiger partial charge in [0.05, 0.1) is 5.88 Å². The average Bonchev–Trinajstić information content (AvgIpc) is 2.84. The second kappa shape index (κ2) is 6.76. The van der Waals surface area contributed by atoms with E-state index in [0.717, 1.165) is 11.6 Å². The maximum absolute atomic E-state index is 5.96. The van der Waals surface area contributed by atoms with Gasteiger partial charge in [0, 0.05) is 30.4 Å². The Bertz CT molecular complexity index is 402. The zero-order chi connectivity index (χ0) is 13.7. The first-order valence-corrected chi connectivity index (χ1v) is 9.34. The molecule has 1 aromatic rings. The van der Waals surface area contributed by atoms with Gasteiger partial charge >= 0.3 is 8.97 Å². The molecule has 1 heterocycles. The number of fused-ring (bicyclic) bond motifs is 1. The lowest BCUT2D eigenvalue weighted by molar-refractivity contribution is 0.0702. The molecule has 106 valence electrons. The molecule has 1 aliphatic rings. The van der Waals surface area contributed by atoms with Gasteiger partial charge in [-0.2, -0.15) is 0 Å². The lowest BCUT2D eigenvalue weighted by Crippen LogP contribution is -2.60. The summed E-state index contributed by atoms with van der Waals surface area (Å²) in [7, 11) is -2.80. The van der Waals surface area contributed by atoms with E-state index in [-0.39, 0.29) is 0 Å². The molecule has 0 N–H and O–H groups in total. The van der Waals surface area contributed by atoms with Crippen molar-refractivity contribution in [1.29, 1.82) is 0 Å². The molecule has 0 unspecified atom stereocenters. The Morgan fingerprint density at radius 2 is 1.63 bits per heavy atom. The van der Waals surface area contributed by atoms with E-state index < -0.39 is 8.97 Å². The highest BCUT2D eigenvalue weighted by molar-refractivity contribution is 8.00. The van der Waals surface area contributed by atoms with Crippen molar-refractivity contribution in [1.82, 2.24) is 0 Å². The predicted octanol–water partition coefficient (Wildman–Crippen LogP) is 3.10. The van der Waals surface area contributed by atoms with Crippen LogP contribution in [0.2, 0.25) is 0 Å². The standard InChI is InChI=1S/C13H21NO3SSi/c1-4-15-19(16-5-2,17-6-3)14-11-18-13-10-8-7-9-12(13)14/h7-10H,4-6,11H2,1-3H3. The number of para-hydroxylation sites is 1. The Morgan fingerprint density at radius 3 is 2.21 bits per heavy atom. The molecular weight excluding hydrogens is 278 g/mol. The van der Waals surface area contributed by atoms with Gasteiger partial charge in [0.2, 0.25) is 0 Å². The fourth-order valence-corrected chi connectivity index (χ4v) is 6.26. The van der Waals surface area contributed by atoms with Crippen LogP contribution in [0.15, 0.2) is 29.2 Å². The Kier molecular flexibility index (Phi) is 5.29. The van der Waals surface area contributed by atoms with Gasteiger partial charge in [0.15, 0.2) is 0 Å². The van der Waals surface area contributed by atoms with E-state index in [2.05, 4.69) is 22.8 Å². The molecule has 19 heavy (non-hydrogen) atoms. The van der Waals surface area contributed by atoms with Gasteiger partial charge in [-0.3, -0.25) is 0 Å². The molecular formula is C13H21NO3SSi. The number of benzene rings is 1. The summed E-state index contributed by atoms with van der Waals surface area (Å²) in [5, 5.41) is 0. The van der Waals surface area contributed by atoms with Gasteiger partial charge in [-0.05, 0) is 32.9 Å². The number of nitrogens with zero attached hydrogens (tertiary/aromatic N) is 1. The molecule has 0 saturated heterocycles. The van der Waals surface area contributed by atoms with Gasteiger partial charge < -0.3 is 17.8 Å². The molecule has 0 spiro atoms. The highest BCUT2D eigenvalue weighted by Gasteiger charge is 2.51. The molecule has 4 nitrogen and oxygen atoms in total. The number of anilines is 1. The average molecular weight is 299 g/mol. The molecule has 0 atom stereocenters. The van der Waals surface area contributed by atoms with Crippen LogP contribution in [0.5, 0.6) is 0 Å². The number of hydrogen-bond acceptors (Lipinski definition) is 5. The summed E-state index contributed by atoms with van der Waals surface area (Å²) >= 11 is 1.80. The summed E-state index contributed by atoms with van der Waals surface area (Å²) < 4.78 is 20.1. The van der Waals surface area contributed by atoms with E-state index in [1.54, 1.807) is 11.8 Å². The summed E-state index contributed by atoms with van der Waals surface area (Å²) in [6, 6.07) is 8.33. The van der Waals surface area contributed by atoms with Crippen LogP contribution in [0.3, 0.4) is 0 Å². The van der Waals surface area contributed by atoms with Crippen molar-refractivity contribution in [3.63, 3.8) is 0 Å². The maximum atomic E-state index is 5.96. The van der Waals surface area contributed by atoms with E-state index in [1.807, 2.05) is 26.8 Å². The normalized spacial score (nSPS) is 14.8. The third-order valence-corrected chi connectivity index (χ3v) is 7.11. The summed E-state index contributed by atoms with van der Waals surface area (Å²) in [4.78, 5) is 1.26. The van der Waals surface area contributed by atoms with E-state index in [9.17, 15) is 0 Å². The molecule has 0 saturated carbocycles. The molecule has 6 heteroatoms. The number of thioether (sulfide) groups is 1. The molecule has 0 aliphatic carbocycles. The van der Waals surface area contributed by atoms with Gasteiger partial charge in [-0.25, -0.2) is 0 Å². The summed E-state index contributed by atoms with van der Waals surface area (Å²) in [6.07, 6.45) is 0. The fourth-order valence-electron chi connectivity index (χ4n) is 2.14. The smallest absolute Gasteiger partial charge is 0.357 e. The van der Waals surface area contributed by atoms with Crippen LogP contribution in [-0.2, 0) is 13.3 Å². The summed E-state index contributed by atoms with van der Waals surface area (Å²) in [6.45, 7) is 7.72. The molecule has 0 amide bonds. The van der Waals surface area contributed by atoms with Crippen LogP contribution < -0.4 is 4.57 Å². The quantitative estimate of drug-likeness (QED) is 0.722. The predicted molar refractivity (Wildman–Crippen MR) is 80.3 cm³/mol. The van der Waals surface area contributed by atoms with Gasteiger partial charge in [-0.1, -0.05) is 12.1 Å². The van der Waals surface area contributed by atoms with Crippen molar-refractivity contribution in [2.24, 2.45) is 0 Å². The zero-order valence-electron chi connectivity index (χ0n) is 11.7. The van der Waals surface area contributed by atoms with Crippen LogP contribution in [0.4, 0.5) is 5.69 Å². The van der Waals surface area contributed by atoms with Crippen molar-refractivity contribution in [3.8, 4) is 0 Å². The molecule has 0 radical (unpaired) electrons. The zero-order valence-corrected chi connectivity index (χ0v) is 13.5. The van der Waals surface area contributed by atoms with Crippen molar-refractivity contribution in [2.75, 3.05) is 30.3 Å². The summed E-state index contributed by atoms with van der Waals surface area (Å²) in [5.74, 6) is 0.825. The van der Waals surface area contributed by atoms with Crippen LogP contribution in [-0.4, -0.2) is 34.7 Å². The summed E-state index contributed by atoms with van der Waals surface area (Å²) in [5.41, 5.74) is 1.16.